The quantitative estimate of drug-likeness (QED) is 0.942. The monoisotopic (exact) mass is 309 g/mol. The third-order valence-corrected chi connectivity index (χ3v) is 3.94. The van der Waals surface area contributed by atoms with Gasteiger partial charge in [-0.2, -0.15) is 0 Å². The van der Waals surface area contributed by atoms with E-state index in [2.05, 4.69) is 0 Å². The number of thiophene rings is 1. The van der Waals surface area contributed by atoms with Crippen LogP contribution in [0, 0.1) is 0 Å². The Hall–Kier alpha value is -1.85. The average Bonchev–Trinajstić information content (AvgIpc) is 2.83. The van der Waals surface area contributed by atoms with Crippen LogP contribution in [0.1, 0.15) is 25.6 Å². The lowest BCUT2D eigenvalue weighted by Crippen LogP contribution is -2.26. The third-order valence-electron chi connectivity index (χ3n) is 2.73. The third kappa shape index (κ3) is 3.37. The van der Waals surface area contributed by atoms with Crippen molar-refractivity contribution in [3.05, 3.63) is 56.7 Å². The Morgan fingerprint density at radius 2 is 1.95 bits per heavy atom. The highest BCUT2D eigenvalue weighted by atomic mass is 35.5. The molecule has 0 bridgehead atoms. The summed E-state index contributed by atoms with van der Waals surface area (Å²) in [4.78, 5) is 25.6. The molecule has 104 valence electrons. The molecule has 0 unspecified atom stereocenters. The molecule has 0 fully saturated rings. The van der Waals surface area contributed by atoms with Crippen LogP contribution in [-0.4, -0.2) is 28.9 Å². The number of aromatic carboxylic acids is 1. The Morgan fingerprint density at radius 3 is 2.55 bits per heavy atom. The van der Waals surface area contributed by atoms with E-state index in [-0.39, 0.29) is 11.5 Å². The van der Waals surface area contributed by atoms with Gasteiger partial charge < -0.3 is 10.0 Å². The molecule has 20 heavy (non-hydrogen) atoms. The number of halogens is 1. The molecule has 1 aromatic heterocycles. The Balaban J connectivity index is 2.14. The molecule has 2 rings (SSSR count). The van der Waals surface area contributed by atoms with Crippen molar-refractivity contribution >= 4 is 34.8 Å². The van der Waals surface area contributed by atoms with Gasteiger partial charge in [0, 0.05) is 17.5 Å². The number of nitrogens with zero attached hydrogens (tertiary/aromatic N) is 1. The van der Waals surface area contributed by atoms with Gasteiger partial charge in [-0.05, 0) is 30.3 Å². The molecule has 0 aliphatic carbocycles. The summed E-state index contributed by atoms with van der Waals surface area (Å²) in [5.41, 5.74) is 0.457. The summed E-state index contributed by atoms with van der Waals surface area (Å²) in [6, 6.07) is 9.65. The molecular formula is C14H12ClNO3S. The van der Waals surface area contributed by atoms with Crippen LogP contribution in [0.5, 0.6) is 0 Å². The van der Waals surface area contributed by atoms with Crippen LogP contribution >= 0.6 is 22.9 Å². The highest BCUT2D eigenvalue weighted by Crippen LogP contribution is 2.22. The molecule has 0 radical (unpaired) electrons. The van der Waals surface area contributed by atoms with Crippen LogP contribution in [0.4, 0.5) is 0 Å². The second-order valence-electron chi connectivity index (χ2n) is 4.25. The summed E-state index contributed by atoms with van der Waals surface area (Å²) in [5, 5.41) is 8.93. The molecule has 0 aliphatic heterocycles. The molecule has 0 saturated heterocycles. The van der Waals surface area contributed by atoms with E-state index in [0.29, 0.717) is 16.4 Å². The molecule has 1 N–H and O–H groups in total. The molecule has 6 heteroatoms. The van der Waals surface area contributed by atoms with Crippen molar-refractivity contribution in [3.8, 4) is 0 Å². The summed E-state index contributed by atoms with van der Waals surface area (Å²) in [5.74, 6) is -1.27. The van der Waals surface area contributed by atoms with E-state index in [1.54, 1.807) is 25.2 Å². The molecule has 0 aliphatic rings. The fourth-order valence-corrected chi connectivity index (χ4v) is 2.89. The zero-order valence-electron chi connectivity index (χ0n) is 10.7. The average molecular weight is 310 g/mol. The van der Waals surface area contributed by atoms with Crippen molar-refractivity contribution < 1.29 is 14.7 Å². The number of carbonyl (C=O) groups excluding carboxylic acids is 1. The first kappa shape index (κ1) is 14.6. The van der Waals surface area contributed by atoms with E-state index < -0.39 is 5.97 Å². The van der Waals surface area contributed by atoms with Crippen LogP contribution in [0.2, 0.25) is 4.34 Å². The number of carboxylic acid groups (broad SMARTS) is 1. The maximum absolute atomic E-state index is 12.2. The van der Waals surface area contributed by atoms with Gasteiger partial charge in [-0.15, -0.1) is 11.3 Å². The van der Waals surface area contributed by atoms with Gasteiger partial charge in [-0.3, -0.25) is 4.79 Å². The smallest absolute Gasteiger partial charge is 0.335 e. The number of carbonyl (C=O) groups is 2. The van der Waals surface area contributed by atoms with Crippen LogP contribution in [-0.2, 0) is 6.54 Å². The number of rotatable bonds is 4. The Labute approximate surface area is 125 Å². The minimum atomic E-state index is -1.05. The van der Waals surface area contributed by atoms with Crippen molar-refractivity contribution in [2.45, 2.75) is 6.54 Å². The molecule has 2 aromatic rings. The van der Waals surface area contributed by atoms with Crippen molar-refractivity contribution in [2.75, 3.05) is 7.05 Å². The van der Waals surface area contributed by atoms with E-state index >= 15 is 0 Å². The topological polar surface area (TPSA) is 57.6 Å². The first-order valence-corrected chi connectivity index (χ1v) is 7.00. The maximum atomic E-state index is 12.2. The Bertz CT molecular complexity index is 653. The van der Waals surface area contributed by atoms with Gasteiger partial charge in [0.15, 0.2) is 0 Å². The van der Waals surface area contributed by atoms with E-state index in [0.717, 1.165) is 4.88 Å². The number of amides is 1. The second-order valence-corrected chi connectivity index (χ2v) is 6.05. The lowest BCUT2D eigenvalue weighted by Gasteiger charge is -2.16. The van der Waals surface area contributed by atoms with E-state index in [1.807, 2.05) is 6.07 Å². The Morgan fingerprint density at radius 1 is 1.25 bits per heavy atom. The van der Waals surface area contributed by atoms with Crippen molar-refractivity contribution in [2.24, 2.45) is 0 Å². The molecule has 0 atom stereocenters. The highest BCUT2D eigenvalue weighted by Gasteiger charge is 2.14. The molecule has 1 heterocycles. The summed E-state index contributed by atoms with van der Waals surface area (Å²) < 4.78 is 0.675. The van der Waals surface area contributed by atoms with Gasteiger partial charge in [0.1, 0.15) is 0 Å². The van der Waals surface area contributed by atoms with Crippen LogP contribution in [0.3, 0.4) is 0 Å². The molecule has 1 amide bonds. The summed E-state index contributed by atoms with van der Waals surface area (Å²) >= 11 is 7.26. The molecule has 4 nitrogen and oxygen atoms in total. The van der Waals surface area contributed by atoms with Crippen molar-refractivity contribution in [1.29, 1.82) is 0 Å². The number of carboxylic acids is 1. The zero-order chi connectivity index (χ0) is 14.7. The number of hydrogen-bond acceptors (Lipinski definition) is 3. The minimum Gasteiger partial charge on any atom is -0.478 e. The van der Waals surface area contributed by atoms with Crippen LogP contribution < -0.4 is 0 Å². The predicted octanol–water partition coefficient (Wildman–Crippen LogP) is 3.37. The van der Waals surface area contributed by atoms with Crippen molar-refractivity contribution in [1.82, 2.24) is 4.90 Å². The lowest BCUT2D eigenvalue weighted by atomic mass is 10.1. The Kier molecular flexibility index (Phi) is 4.42. The SMILES string of the molecule is CN(Cc1ccc(Cl)s1)C(=O)c1cccc(C(=O)O)c1. The normalized spacial score (nSPS) is 10.3. The van der Waals surface area contributed by atoms with E-state index in [9.17, 15) is 9.59 Å². The fraction of sp³-hybridized carbons (Fsp3) is 0.143. The largest absolute Gasteiger partial charge is 0.478 e. The summed E-state index contributed by atoms with van der Waals surface area (Å²) in [7, 11) is 1.67. The first-order valence-electron chi connectivity index (χ1n) is 5.80. The maximum Gasteiger partial charge on any atom is 0.335 e. The van der Waals surface area contributed by atoms with Crippen LogP contribution in [0.25, 0.3) is 0 Å². The number of hydrogen-bond donors (Lipinski definition) is 1. The van der Waals surface area contributed by atoms with E-state index in [4.69, 9.17) is 16.7 Å². The van der Waals surface area contributed by atoms with E-state index in [1.165, 1.54) is 28.4 Å². The van der Waals surface area contributed by atoms with Gasteiger partial charge in [-0.25, -0.2) is 4.79 Å². The van der Waals surface area contributed by atoms with Gasteiger partial charge in [0.05, 0.1) is 16.4 Å². The van der Waals surface area contributed by atoms with Gasteiger partial charge in [0.25, 0.3) is 5.91 Å². The fourth-order valence-electron chi connectivity index (χ4n) is 1.75. The summed E-state index contributed by atoms with van der Waals surface area (Å²) in [6.07, 6.45) is 0. The predicted molar refractivity (Wildman–Crippen MR) is 78.5 cm³/mol. The van der Waals surface area contributed by atoms with Gasteiger partial charge in [-0.1, -0.05) is 17.7 Å². The minimum absolute atomic E-state index is 0.100. The summed E-state index contributed by atoms with van der Waals surface area (Å²) in [6.45, 7) is 0.438. The first-order chi connectivity index (χ1) is 9.47. The molecular weight excluding hydrogens is 298 g/mol. The standard InChI is InChI=1S/C14H12ClNO3S/c1-16(8-11-5-6-12(15)20-11)13(17)9-3-2-4-10(7-9)14(18)19/h2-7H,8H2,1H3,(H,18,19). The number of benzene rings is 1. The van der Waals surface area contributed by atoms with Gasteiger partial charge in [0.2, 0.25) is 0 Å². The molecule has 0 saturated carbocycles. The lowest BCUT2D eigenvalue weighted by molar-refractivity contribution is 0.0697. The molecule has 0 spiro atoms. The zero-order valence-corrected chi connectivity index (χ0v) is 12.2. The molecule has 1 aromatic carbocycles. The van der Waals surface area contributed by atoms with Gasteiger partial charge >= 0.3 is 5.97 Å². The second kappa shape index (κ2) is 6.07. The van der Waals surface area contributed by atoms with Crippen LogP contribution in [0.15, 0.2) is 36.4 Å². The van der Waals surface area contributed by atoms with Crippen molar-refractivity contribution in [3.63, 3.8) is 0 Å². The highest BCUT2D eigenvalue weighted by molar-refractivity contribution is 7.16.